The van der Waals surface area contributed by atoms with Gasteiger partial charge >= 0.3 is 0 Å². The average Bonchev–Trinajstić information content (AvgIpc) is 2.87. The maximum absolute atomic E-state index is 12.7. The van der Waals surface area contributed by atoms with E-state index in [9.17, 15) is 13.2 Å². The molecule has 0 atom stereocenters. The van der Waals surface area contributed by atoms with Crippen molar-refractivity contribution in [3.8, 4) is 0 Å². The average molecular weight is 374 g/mol. The number of hydrogen-bond acceptors (Lipinski definition) is 5. The van der Waals surface area contributed by atoms with E-state index in [-0.39, 0.29) is 10.8 Å². The van der Waals surface area contributed by atoms with Gasteiger partial charge in [-0.05, 0) is 42.8 Å². The quantitative estimate of drug-likeness (QED) is 0.864. The Morgan fingerprint density at radius 2 is 1.81 bits per heavy atom. The van der Waals surface area contributed by atoms with Crippen LogP contribution in [-0.2, 0) is 16.6 Å². The van der Waals surface area contributed by atoms with Crippen molar-refractivity contribution in [1.29, 1.82) is 0 Å². The van der Waals surface area contributed by atoms with Crippen LogP contribution in [0.5, 0.6) is 0 Å². The third-order valence-corrected chi connectivity index (χ3v) is 5.35. The van der Waals surface area contributed by atoms with Crippen molar-refractivity contribution in [2.75, 3.05) is 26.2 Å². The summed E-state index contributed by atoms with van der Waals surface area (Å²) in [6.45, 7) is 3.76. The molecule has 1 aliphatic rings. The van der Waals surface area contributed by atoms with Crippen LogP contribution in [0.15, 0.2) is 53.6 Å². The summed E-state index contributed by atoms with van der Waals surface area (Å²) in [7, 11) is -3.75. The first kappa shape index (κ1) is 18.5. The van der Waals surface area contributed by atoms with Crippen LogP contribution in [0, 0.1) is 0 Å². The molecule has 1 aliphatic heterocycles. The van der Waals surface area contributed by atoms with E-state index in [0.717, 1.165) is 31.7 Å². The minimum atomic E-state index is -3.75. The van der Waals surface area contributed by atoms with Crippen LogP contribution >= 0.6 is 0 Å². The van der Waals surface area contributed by atoms with E-state index < -0.39 is 10.0 Å². The molecule has 26 heavy (non-hydrogen) atoms. The highest BCUT2D eigenvalue weighted by Gasteiger charge is 2.21. The van der Waals surface area contributed by atoms with Gasteiger partial charge in [0.1, 0.15) is 0 Å². The van der Waals surface area contributed by atoms with Gasteiger partial charge in [-0.25, -0.2) is 13.6 Å². The number of sulfonamides is 1. The molecule has 1 aromatic heterocycles. The molecule has 2 heterocycles. The van der Waals surface area contributed by atoms with E-state index in [0.29, 0.717) is 18.7 Å². The Hall–Kier alpha value is -2.29. The Labute approximate surface area is 153 Å². The molecule has 2 aromatic rings. The molecule has 1 amide bonds. The van der Waals surface area contributed by atoms with Gasteiger partial charge < -0.3 is 4.90 Å². The van der Waals surface area contributed by atoms with Gasteiger partial charge in [0.05, 0.1) is 10.6 Å². The molecule has 0 bridgehead atoms. The molecule has 0 spiro atoms. The van der Waals surface area contributed by atoms with Crippen molar-refractivity contribution in [2.45, 2.75) is 17.9 Å². The third-order valence-electron chi connectivity index (χ3n) is 4.42. The van der Waals surface area contributed by atoms with Crippen molar-refractivity contribution in [3.63, 3.8) is 0 Å². The van der Waals surface area contributed by atoms with E-state index >= 15 is 0 Å². The monoisotopic (exact) mass is 374 g/mol. The molecule has 0 radical (unpaired) electrons. The number of benzene rings is 1. The number of hydrogen-bond donors (Lipinski definition) is 1. The molecule has 1 saturated heterocycles. The van der Waals surface area contributed by atoms with Crippen molar-refractivity contribution >= 4 is 15.9 Å². The molecular weight excluding hydrogens is 352 g/mol. The van der Waals surface area contributed by atoms with Crippen LogP contribution in [0.25, 0.3) is 0 Å². The first-order valence-corrected chi connectivity index (χ1v) is 10.0. The van der Waals surface area contributed by atoms with Crippen molar-refractivity contribution < 1.29 is 13.2 Å². The Balaban J connectivity index is 1.62. The number of aromatic nitrogens is 1. The lowest BCUT2D eigenvalue weighted by Crippen LogP contribution is -2.35. The zero-order valence-corrected chi connectivity index (χ0v) is 15.2. The highest BCUT2D eigenvalue weighted by Crippen LogP contribution is 2.13. The van der Waals surface area contributed by atoms with Crippen molar-refractivity contribution in [2.24, 2.45) is 5.14 Å². The number of rotatable bonds is 4. The summed E-state index contributed by atoms with van der Waals surface area (Å²) in [6, 6.07) is 11.6. The van der Waals surface area contributed by atoms with Gasteiger partial charge in [0.25, 0.3) is 5.91 Å². The predicted octanol–water partition coefficient (Wildman–Crippen LogP) is 1.08. The number of nitrogens with zero attached hydrogens (tertiary/aromatic N) is 3. The number of pyridine rings is 1. The standard InChI is InChI=1S/C18H22N4O3S/c19-26(24,25)17-7-5-15(6-8-17)18(23)22-11-3-10-21(12-13-22)14-16-4-1-2-9-20-16/h1-2,4-9H,3,10-14H2,(H2,19,24,25). The summed E-state index contributed by atoms with van der Waals surface area (Å²) in [4.78, 5) is 21.2. The second-order valence-corrected chi connectivity index (χ2v) is 7.87. The Bertz CT molecular complexity index is 854. The summed E-state index contributed by atoms with van der Waals surface area (Å²) >= 11 is 0. The lowest BCUT2D eigenvalue weighted by molar-refractivity contribution is 0.0761. The lowest BCUT2D eigenvalue weighted by atomic mass is 10.2. The minimum Gasteiger partial charge on any atom is -0.337 e. The molecule has 2 N–H and O–H groups in total. The van der Waals surface area contributed by atoms with Gasteiger partial charge in [-0.1, -0.05) is 6.07 Å². The first-order chi connectivity index (χ1) is 12.4. The molecule has 0 unspecified atom stereocenters. The molecule has 3 rings (SSSR count). The third kappa shape index (κ3) is 4.66. The maximum atomic E-state index is 12.7. The highest BCUT2D eigenvalue weighted by atomic mass is 32.2. The fraction of sp³-hybridized carbons (Fsp3) is 0.333. The molecule has 8 heteroatoms. The number of amides is 1. The van der Waals surface area contributed by atoms with Gasteiger partial charge in [0.2, 0.25) is 10.0 Å². The molecular formula is C18H22N4O3S. The SMILES string of the molecule is NS(=O)(=O)c1ccc(C(=O)N2CCCN(Cc3ccccn3)CC2)cc1. The van der Waals surface area contributed by atoms with Gasteiger partial charge in [0, 0.05) is 44.5 Å². The zero-order valence-electron chi connectivity index (χ0n) is 14.4. The molecule has 7 nitrogen and oxygen atoms in total. The largest absolute Gasteiger partial charge is 0.337 e. The minimum absolute atomic E-state index is 0.00597. The van der Waals surface area contributed by atoms with E-state index in [4.69, 9.17) is 5.14 Å². The zero-order chi connectivity index (χ0) is 18.6. The summed E-state index contributed by atoms with van der Waals surface area (Å²) in [6.07, 6.45) is 2.67. The first-order valence-electron chi connectivity index (χ1n) is 8.48. The summed E-state index contributed by atoms with van der Waals surface area (Å²) in [5, 5.41) is 5.09. The molecule has 0 aliphatic carbocycles. The smallest absolute Gasteiger partial charge is 0.253 e. The molecule has 1 aromatic carbocycles. The topological polar surface area (TPSA) is 96.6 Å². The summed E-state index contributed by atoms with van der Waals surface area (Å²) in [5.74, 6) is -0.0920. The van der Waals surface area contributed by atoms with Crippen LogP contribution in [0.1, 0.15) is 22.5 Å². The van der Waals surface area contributed by atoms with Gasteiger partial charge in [-0.3, -0.25) is 14.7 Å². The van der Waals surface area contributed by atoms with Crippen LogP contribution < -0.4 is 5.14 Å². The van der Waals surface area contributed by atoms with E-state index in [1.165, 1.54) is 24.3 Å². The van der Waals surface area contributed by atoms with E-state index in [1.54, 1.807) is 6.20 Å². The molecule has 0 saturated carbocycles. The van der Waals surface area contributed by atoms with Crippen LogP contribution in [0.4, 0.5) is 0 Å². The fourth-order valence-electron chi connectivity index (χ4n) is 3.02. The summed E-state index contributed by atoms with van der Waals surface area (Å²) in [5.41, 5.74) is 1.49. The molecule has 138 valence electrons. The molecule has 1 fully saturated rings. The lowest BCUT2D eigenvalue weighted by Gasteiger charge is -2.22. The Morgan fingerprint density at radius 1 is 1.04 bits per heavy atom. The van der Waals surface area contributed by atoms with Gasteiger partial charge in [-0.15, -0.1) is 0 Å². The van der Waals surface area contributed by atoms with E-state index in [1.807, 2.05) is 23.1 Å². The number of carbonyl (C=O) groups excluding carboxylic acids is 1. The normalized spacial score (nSPS) is 16.3. The second kappa shape index (κ2) is 7.94. The van der Waals surface area contributed by atoms with Crippen LogP contribution in [0.2, 0.25) is 0 Å². The van der Waals surface area contributed by atoms with Crippen molar-refractivity contribution in [1.82, 2.24) is 14.8 Å². The van der Waals surface area contributed by atoms with Crippen molar-refractivity contribution in [3.05, 3.63) is 59.9 Å². The highest BCUT2D eigenvalue weighted by molar-refractivity contribution is 7.89. The number of primary sulfonamides is 1. The Morgan fingerprint density at radius 3 is 2.46 bits per heavy atom. The summed E-state index contributed by atoms with van der Waals surface area (Å²) < 4.78 is 22.6. The number of carbonyl (C=O) groups is 1. The fourth-order valence-corrected chi connectivity index (χ4v) is 3.54. The maximum Gasteiger partial charge on any atom is 0.253 e. The van der Waals surface area contributed by atoms with Crippen LogP contribution in [0.3, 0.4) is 0 Å². The number of nitrogens with two attached hydrogens (primary N) is 1. The second-order valence-electron chi connectivity index (χ2n) is 6.31. The Kier molecular flexibility index (Phi) is 5.65. The van der Waals surface area contributed by atoms with Gasteiger partial charge in [-0.2, -0.15) is 0 Å². The van der Waals surface area contributed by atoms with E-state index in [2.05, 4.69) is 9.88 Å². The predicted molar refractivity (Wildman–Crippen MR) is 97.8 cm³/mol. The van der Waals surface area contributed by atoms with Gasteiger partial charge in [0.15, 0.2) is 0 Å². The van der Waals surface area contributed by atoms with Crippen LogP contribution in [-0.4, -0.2) is 55.3 Å².